The molecule has 5 nitrogen and oxygen atoms in total. The summed E-state index contributed by atoms with van der Waals surface area (Å²) < 4.78 is 0. The first kappa shape index (κ1) is 14.4. The van der Waals surface area contributed by atoms with E-state index in [-0.39, 0.29) is 5.75 Å². The number of carboxylic acid groups (broad SMARTS) is 2. The Hall–Kier alpha value is -1.69. The number of thioether (sulfide) groups is 1. The summed E-state index contributed by atoms with van der Waals surface area (Å²) in [5, 5.41) is 20.4. The van der Waals surface area contributed by atoms with Gasteiger partial charge >= 0.3 is 11.9 Å². The third kappa shape index (κ3) is 5.58. The second-order valence-electron chi connectivity index (χ2n) is 3.64. The molecule has 0 aliphatic rings. The lowest BCUT2D eigenvalue weighted by Gasteiger charge is -2.15. The molecule has 1 rings (SSSR count). The third-order valence-corrected chi connectivity index (χ3v) is 3.16. The van der Waals surface area contributed by atoms with Gasteiger partial charge in [-0.05, 0) is 24.3 Å². The maximum atomic E-state index is 11.0. The molecule has 0 aliphatic carbocycles. The molecule has 18 heavy (non-hydrogen) atoms. The molecule has 0 unspecified atom stereocenters. The molecule has 0 aromatic heterocycles. The Morgan fingerprint density at radius 3 is 2.44 bits per heavy atom. The topological polar surface area (TPSA) is 86.6 Å². The smallest absolute Gasteiger partial charge is 0.326 e. The van der Waals surface area contributed by atoms with E-state index in [9.17, 15) is 9.59 Å². The molecule has 6 heteroatoms. The highest BCUT2D eigenvalue weighted by molar-refractivity contribution is 7.99. The number of hydrogen-bond donors (Lipinski definition) is 3. The number of carboxylic acids is 2. The Labute approximate surface area is 109 Å². The normalized spacial score (nSPS) is 11.8. The van der Waals surface area contributed by atoms with Crippen LogP contribution < -0.4 is 5.32 Å². The minimum atomic E-state index is -0.935. The van der Waals surface area contributed by atoms with Crippen molar-refractivity contribution in [2.24, 2.45) is 0 Å². The lowest BCUT2D eigenvalue weighted by molar-refractivity contribution is -0.138. The molecule has 1 aromatic rings. The third-order valence-electron chi connectivity index (χ3n) is 2.19. The van der Waals surface area contributed by atoms with Crippen LogP contribution in [0.15, 0.2) is 30.3 Å². The van der Waals surface area contributed by atoms with Crippen molar-refractivity contribution in [3.8, 4) is 0 Å². The van der Waals surface area contributed by atoms with Gasteiger partial charge in [-0.2, -0.15) is 11.8 Å². The van der Waals surface area contributed by atoms with Crippen LogP contribution in [0.2, 0.25) is 0 Å². The van der Waals surface area contributed by atoms with E-state index in [0.717, 1.165) is 5.69 Å². The number of rotatable bonds is 8. The zero-order valence-corrected chi connectivity index (χ0v) is 10.5. The van der Waals surface area contributed by atoms with E-state index in [1.807, 2.05) is 18.2 Å². The summed E-state index contributed by atoms with van der Waals surface area (Å²) in [6.07, 6.45) is 0.377. The standard InChI is InChI=1S/C12H15NO4S/c14-11(15)8-18-7-6-10(12(16)17)13-9-4-2-1-3-5-9/h1-5,10,13H,6-8H2,(H,14,15)(H,16,17)/t10-/m0/s1. The number of benzene rings is 1. The van der Waals surface area contributed by atoms with Crippen LogP contribution in [0.1, 0.15) is 6.42 Å². The summed E-state index contributed by atoms with van der Waals surface area (Å²) in [7, 11) is 0. The van der Waals surface area contributed by atoms with Crippen molar-refractivity contribution in [2.75, 3.05) is 16.8 Å². The predicted octanol–water partition coefficient (Wildman–Crippen LogP) is 1.76. The molecule has 0 aliphatic heterocycles. The molecular formula is C12H15NO4S. The van der Waals surface area contributed by atoms with E-state index in [4.69, 9.17) is 10.2 Å². The maximum absolute atomic E-state index is 11.0. The molecule has 1 atom stereocenters. The van der Waals surface area contributed by atoms with E-state index < -0.39 is 18.0 Å². The molecule has 3 N–H and O–H groups in total. The minimum Gasteiger partial charge on any atom is -0.481 e. The van der Waals surface area contributed by atoms with E-state index in [2.05, 4.69) is 5.32 Å². The van der Waals surface area contributed by atoms with Gasteiger partial charge in [0.15, 0.2) is 0 Å². The quantitative estimate of drug-likeness (QED) is 0.623. The van der Waals surface area contributed by atoms with Gasteiger partial charge in [-0.15, -0.1) is 0 Å². The Kier molecular flexibility index (Phi) is 6.07. The van der Waals surface area contributed by atoms with Crippen LogP contribution in [-0.2, 0) is 9.59 Å². The number of nitrogens with one attached hydrogen (secondary N) is 1. The first-order valence-electron chi connectivity index (χ1n) is 5.43. The molecular weight excluding hydrogens is 254 g/mol. The Morgan fingerprint density at radius 1 is 1.22 bits per heavy atom. The van der Waals surface area contributed by atoms with Gasteiger partial charge in [-0.1, -0.05) is 18.2 Å². The van der Waals surface area contributed by atoms with Gasteiger partial charge in [0, 0.05) is 5.69 Å². The van der Waals surface area contributed by atoms with Crippen LogP contribution in [0.5, 0.6) is 0 Å². The van der Waals surface area contributed by atoms with E-state index in [0.29, 0.717) is 12.2 Å². The Balaban J connectivity index is 2.41. The van der Waals surface area contributed by atoms with Crippen molar-refractivity contribution in [1.82, 2.24) is 0 Å². The molecule has 98 valence electrons. The molecule has 0 heterocycles. The number of para-hydroxylation sites is 1. The molecule has 0 spiro atoms. The molecule has 0 fully saturated rings. The summed E-state index contributed by atoms with van der Waals surface area (Å²) in [5.74, 6) is -1.33. The van der Waals surface area contributed by atoms with Crippen molar-refractivity contribution in [1.29, 1.82) is 0 Å². The molecule has 0 bridgehead atoms. The van der Waals surface area contributed by atoms with Crippen LogP contribution in [0.25, 0.3) is 0 Å². The average molecular weight is 269 g/mol. The van der Waals surface area contributed by atoms with Crippen LogP contribution in [0, 0.1) is 0 Å². The highest BCUT2D eigenvalue weighted by Crippen LogP contribution is 2.12. The zero-order valence-electron chi connectivity index (χ0n) is 9.70. The van der Waals surface area contributed by atoms with Crippen molar-refractivity contribution >= 4 is 29.4 Å². The molecule has 0 saturated carbocycles. The fourth-order valence-corrected chi connectivity index (χ4v) is 2.07. The van der Waals surface area contributed by atoms with Crippen molar-refractivity contribution in [3.05, 3.63) is 30.3 Å². The Bertz CT molecular complexity index is 396. The number of aliphatic carboxylic acids is 2. The molecule has 1 aromatic carbocycles. The summed E-state index contributed by atoms with van der Waals surface area (Å²) >= 11 is 1.21. The highest BCUT2D eigenvalue weighted by Gasteiger charge is 2.16. The lowest BCUT2D eigenvalue weighted by atomic mass is 10.2. The van der Waals surface area contributed by atoms with Crippen LogP contribution in [0.3, 0.4) is 0 Å². The molecule has 0 radical (unpaired) electrons. The highest BCUT2D eigenvalue weighted by atomic mass is 32.2. The molecule has 0 amide bonds. The summed E-state index contributed by atoms with van der Waals surface area (Å²) in [5.41, 5.74) is 0.744. The monoisotopic (exact) mass is 269 g/mol. The number of carbonyl (C=O) groups is 2. The van der Waals surface area contributed by atoms with Crippen LogP contribution >= 0.6 is 11.8 Å². The largest absolute Gasteiger partial charge is 0.481 e. The minimum absolute atomic E-state index is 0.00231. The van der Waals surface area contributed by atoms with Crippen molar-refractivity contribution < 1.29 is 19.8 Å². The summed E-state index contributed by atoms with van der Waals surface area (Å²) in [6, 6.07) is 8.37. The van der Waals surface area contributed by atoms with Gasteiger partial charge < -0.3 is 15.5 Å². The average Bonchev–Trinajstić information content (AvgIpc) is 2.33. The van der Waals surface area contributed by atoms with Gasteiger partial charge in [0.2, 0.25) is 0 Å². The first-order valence-corrected chi connectivity index (χ1v) is 6.59. The summed E-state index contributed by atoms with van der Waals surface area (Å²) in [6.45, 7) is 0. The van der Waals surface area contributed by atoms with Gasteiger partial charge in [0.25, 0.3) is 0 Å². The fourth-order valence-electron chi connectivity index (χ4n) is 1.35. The van der Waals surface area contributed by atoms with Gasteiger partial charge in [0.1, 0.15) is 6.04 Å². The summed E-state index contributed by atoms with van der Waals surface area (Å²) in [4.78, 5) is 21.4. The number of anilines is 1. The number of hydrogen-bond acceptors (Lipinski definition) is 4. The van der Waals surface area contributed by atoms with Crippen molar-refractivity contribution in [3.63, 3.8) is 0 Å². The van der Waals surface area contributed by atoms with Crippen LogP contribution in [-0.4, -0.2) is 39.7 Å². The SMILES string of the molecule is O=C(O)CSCC[C@H](Nc1ccccc1)C(=O)O. The van der Waals surface area contributed by atoms with E-state index >= 15 is 0 Å². The van der Waals surface area contributed by atoms with E-state index in [1.165, 1.54) is 11.8 Å². The first-order chi connectivity index (χ1) is 8.59. The molecule has 0 saturated heterocycles. The second-order valence-corrected chi connectivity index (χ2v) is 4.74. The van der Waals surface area contributed by atoms with Gasteiger partial charge in [-0.3, -0.25) is 4.79 Å². The fraction of sp³-hybridized carbons (Fsp3) is 0.333. The van der Waals surface area contributed by atoms with Crippen molar-refractivity contribution in [2.45, 2.75) is 12.5 Å². The van der Waals surface area contributed by atoms with Gasteiger partial charge in [-0.25, -0.2) is 4.79 Å². The maximum Gasteiger partial charge on any atom is 0.326 e. The van der Waals surface area contributed by atoms with E-state index in [1.54, 1.807) is 12.1 Å². The predicted molar refractivity (Wildman–Crippen MR) is 71.1 cm³/mol. The lowest BCUT2D eigenvalue weighted by Crippen LogP contribution is -2.29. The Morgan fingerprint density at radius 2 is 1.89 bits per heavy atom. The van der Waals surface area contributed by atoms with Crippen LogP contribution in [0.4, 0.5) is 5.69 Å². The zero-order chi connectivity index (χ0) is 13.4. The van der Waals surface area contributed by atoms with Gasteiger partial charge in [0.05, 0.1) is 5.75 Å². The second kappa shape index (κ2) is 7.60.